The zero-order valence-electron chi connectivity index (χ0n) is 26.3. The van der Waals surface area contributed by atoms with Crippen LogP contribution in [0.4, 0.5) is 0 Å². The average molecular weight is 608 g/mol. The van der Waals surface area contributed by atoms with E-state index in [1.54, 1.807) is 14.2 Å². The Bertz CT molecular complexity index is 1730. The van der Waals surface area contributed by atoms with E-state index in [-0.39, 0.29) is 12.1 Å². The van der Waals surface area contributed by atoms with E-state index in [2.05, 4.69) is 67.0 Å². The Morgan fingerprint density at radius 3 is 1.48 bits per heavy atom. The molecule has 2 atom stereocenters. The fourth-order valence-electron chi connectivity index (χ4n) is 7.52. The third-order valence-corrected chi connectivity index (χ3v) is 11.5. The maximum absolute atomic E-state index is 7.18. The van der Waals surface area contributed by atoms with Crippen molar-refractivity contribution in [1.82, 2.24) is 0 Å². The second kappa shape index (κ2) is 12.4. The molecule has 0 N–H and O–H groups in total. The van der Waals surface area contributed by atoms with E-state index in [1.165, 1.54) is 58.7 Å². The smallest absolute Gasteiger partial charge is 0.310 e. The van der Waals surface area contributed by atoms with Crippen molar-refractivity contribution in [2.45, 2.75) is 77.3 Å². The molecule has 0 radical (unpaired) electrons. The largest absolute Gasteiger partial charge is 0.496 e. The van der Waals surface area contributed by atoms with E-state index in [4.69, 9.17) is 17.9 Å². The third kappa shape index (κ3) is 5.10. The summed E-state index contributed by atoms with van der Waals surface area (Å²) in [6.45, 7) is 4.45. The number of hydrogen-bond donors (Lipinski definition) is 0. The van der Waals surface area contributed by atoms with Crippen molar-refractivity contribution in [3.8, 4) is 11.5 Å². The van der Waals surface area contributed by atoms with Crippen LogP contribution in [0.15, 0.2) is 81.2 Å². The van der Waals surface area contributed by atoms with E-state index in [0.717, 1.165) is 59.5 Å². The molecule has 0 saturated carbocycles. The Labute approximate surface area is 261 Å². The molecule has 1 heterocycles. The maximum Gasteiger partial charge on any atom is 0.310 e. The van der Waals surface area contributed by atoms with Crippen molar-refractivity contribution in [2.24, 2.45) is 0 Å². The highest BCUT2D eigenvalue weighted by molar-refractivity contribution is 7.39. The van der Waals surface area contributed by atoms with Gasteiger partial charge in [0.15, 0.2) is 0 Å². The Morgan fingerprint density at radius 1 is 0.591 bits per heavy atom. The Kier molecular flexibility index (Phi) is 8.18. The van der Waals surface area contributed by atoms with Crippen LogP contribution < -0.4 is 14.1 Å². The molecule has 5 nitrogen and oxygen atoms in total. The zero-order valence-corrected chi connectivity index (χ0v) is 27.2. The molecule has 7 rings (SSSR count). The number of rotatable bonds is 7. The molecule has 0 saturated heterocycles. The molecular weight excluding hydrogens is 565 g/mol. The van der Waals surface area contributed by atoms with Crippen LogP contribution in [-0.2, 0) is 25.7 Å². The first-order chi connectivity index (χ1) is 21.6. The molecule has 0 fully saturated rings. The summed E-state index contributed by atoms with van der Waals surface area (Å²) in [5.41, 5.74) is 9.90. The first-order valence-electron chi connectivity index (χ1n) is 16.1. The van der Waals surface area contributed by atoms with Gasteiger partial charge in [0.25, 0.3) is 0 Å². The number of nitrogens with zero attached hydrogens (tertiary/aromatic N) is 1. The lowest BCUT2D eigenvalue weighted by Gasteiger charge is -2.33. The Morgan fingerprint density at radius 2 is 1.02 bits per heavy atom. The van der Waals surface area contributed by atoms with Gasteiger partial charge >= 0.3 is 8.16 Å². The molecule has 0 amide bonds. The average Bonchev–Trinajstić information content (AvgIpc) is 3.25. The van der Waals surface area contributed by atoms with E-state index < -0.39 is 8.16 Å². The van der Waals surface area contributed by atoms with Crippen LogP contribution >= 0.6 is 8.16 Å². The van der Waals surface area contributed by atoms with Gasteiger partial charge in [0.05, 0.1) is 14.2 Å². The lowest BCUT2D eigenvalue weighted by atomic mass is 9.84. The number of methoxy groups -OCH3 is 2. The van der Waals surface area contributed by atoms with Crippen LogP contribution in [0.1, 0.15) is 85.0 Å². The van der Waals surface area contributed by atoms with Gasteiger partial charge in [-0.15, -0.1) is 0 Å². The summed E-state index contributed by atoms with van der Waals surface area (Å²) in [4.78, 5) is 0. The number of hydrogen-bond acceptors (Lipinski definition) is 5. The molecule has 5 aromatic rings. The van der Waals surface area contributed by atoms with Crippen molar-refractivity contribution >= 4 is 30.1 Å². The van der Waals surface area contributed by atoms with Crippen LogP contribution in [0.5, 0.6) is 11.5 Å². The second-order valence-electron chi connectivity index (χ2n) is 12.2. The summed E-state index contributed by atoms with van der Waals surface area (Å²) >= 11 is 0. The Hall–Kier alpha value is -3.66. The van der Waals surface area contributed by atoms with Gasteiger partial charge in [-0.25, -0.2) is 0 Å². The van der Waals surface area contributed by atoms with Gasteiger partial charge in [0.1, 0.15) is 22.7 Å². The maximum atomic E-state index is 7.18. The molecule has 0 unspecified atom stereocenters. The van der Waals surface area contributed by atoms with Crippen molar-refractivity contribution in [1.29, 1.82) is 0 Å². The molecule has 4 aromatic carbocycles. The van der Waals surface area contributed by atoms with Crippen molar-refractivity contribution in [2.75, 3.05) is 18.9 Å². The summed E-state index contributed by atoms with van der Waals surface area (Å²) in [6.07, 6.45) is 9.35. The van der Waals surface area contributed by atoms with Gasteiger partial charge < -0.3 is 17.9 Å². The third-order valence-electron chi connectivity index (χ3n) is 9.75. The first-order valence-corrected chi connectivity index (χ1v) is 17.2. The molecule has 2 aliphatic rings. The summed E-state index contributed by atoms with van der Waals surface area (Å²) in [5.74, 6) is 1.71. The predicted molar refractivity (Wildman–Crippen MR) is 181 cm³/mol. The standard InChI is InChI=1S/C38H42NO4P/c1-25(29-15-9-11-19-33(29)40-3)39(26(2)30-16-10-12-20-34(30)41-4)44-42-35-23-21-27-13-5-7-17-31(27)37(35)38-32-18-8-6-14-28(32)22-24-36(38)43-44/h9-12,15-16,19-26H,5-8,13-14,17-18H2,1-4H3/t25-,26-/m1/s1. The summed E-state index contributed by atoms with van der Waals surface area (Å²) in [6, 6.07) is 25.4. The van der Waals surface area contributed by atoms with Crippen LogP contribution in [0, 0.1) is 0 Å². The first kappa shape index (κ1) is 29.1. The Balaban J connectivity index is 1.54. The molecule has 0 bridgehead atoms. The molecule has 0 spiro atoms. The highest BCUT2D eigenvalue weighted by Crippen LogP contribution is 2.50. The van der Waals surface area contributed by atoms with Crippen LogP contribution in [-0.4, -0.2) is 14.2 Å². The van der Waals surface area contributed by atoms with E-state index >= 15 is 0 Å². The molecule has 1 aromatic heterocycles. The quantitative estimate of drug-likeness (QED) is 0.184. The molecule has 6 heteroatoms. The van der Waals surface area contributed by atoms with E-state index in [1.807, 2.05) is 24.3 Å². The van der Waals surface area contributed by atoms with Crippen LogP contribution in [0.2, 0.25) is 0 Å². The van der Waals surface area contributed by atoms with Crippen LogP contribution in [0.25, 0.3) is 21.9 Å². The lowest BCUT2D eigenvalue weighted by molar-refractivity contribution is 0.399. The molecule has 2 aliphatic carbocycles. The highest BCUT2D eigenvalue weighted by atomic mass is 31.1. The molecule has 228 valence electrons. The van der Waals surface area contributed by atoms with Gasteiger partial charge in [0, 0.05) is 34.0 Å². The van der Waals surface area contributed by atoms with Crippen molar-refractivity contribution < 1.29 is 17.9 Å². The van der Waals surface area contributed by atoms with Crippen molar-refractivity contribution in [3.05, 3.63) is 106 Å². The molecular formula is C38H42NO4P. The number of benzene rings is 4. The van der Waals surface area contributed by atoms with Crippen LogP contribution in [0.3, 0.4) is 0 Å². The SMILES string of the molecule is COc1ccccc1[C@@H](C)N([C@H](C)c1ccccc1OC)p1oc2ccc3c(c2c2c4c(ccc2o1)CCCC4)CCCC3. The van der Waals surface area contributed by atoms with Gasteiger partial charge in [0.2, 0.25) is 0 Å². The second-order valence-corrected chi connectivity index (χ2v) is 13.5. The molecule has 44 heavy (non-hydrogen) atoms. The fraction of sp³-hybridized carbons (Fsp3) is 0.368. The number of ether oxygens (including phenoxy) is 2. The van der Waals surface area contributed by atoms with Gasteiger partial charge in [-0.3, -0.25) is 0 Å². The van der Waals surface area contributed by atoms with Gasteiger partial charge in [-0.05, 0) is 112 Å². The summed E-state index contributed by atoms with van der Waals surface area (Å²) in [5, 5.41) is 2.55. The molecule has 0 aliphatic heterocycles. The number of fused-ring (bicyclic) bond motifs is 7. The van der Waals surface area contributed by atoms with Gasteiger partial charge in [-0.2, -0.15) is 4.67 Å². The zero-order chi connectivity index (χ0) is 30.2. The lowest BCUT2D eigenvalue weighted by Crippen LogP contribution is -2.28. The van der Waals surface area contributed by atoms with E-state index in [0.29, 0.717) is 0 Å². The fourth-order valence-corrected chi connectivity index (χ4v) is 9.20. The predicted octanol–water partition coefficient (Wildman–Crippen LogP) is 10.5. The highest BCUT2D eigenvalue weighted by Gasteiger charge is 2.32. The minimum atomic E-state index is -1.60. The monoisotopic (exact) mass is 607 g/mol. The minimum Gasteiger partial charge on any atom is -0.496 e. The summed E-state index contributed by atoms with van der Waals surface area (Å²) < 4.78 is 28.5. The van der Waals surface area contributed by atoms with Crippen molar-refractivity contribution in [3.63, 3.8) is 0 Å². The van der Waals surface area contributed by atoms with E-state index in [9.17, 15) is 0 Å². The number of para-hydroxylation sites is 2. The summed E-state index contributed by atoms with van der Waals surface area (Å²) in [7, 11) is 1.88. The number of aryl methyl sites for hydroxylation is 4. The van der Waals surface area contributed by atoms with Gasteiger partial charge in [-0.1, -0.05) is 48.5 Å². The minimum absolute atomic E-state index is 0.0857. The normalized spacial score (nSPS) is 15.9. The topological polar surface area (TPSA) is 48.0 Å².